The standard InChI is InChI=1S/C12H17F2NO/c1-12(15,3-4-16-2)8-9-5-10(13)7-11(14)6-9/h5-7H,3-4,8,15H2,1-2H3. The smallest absolute Gasteiger partial charge is 0.126 e. The van der Waals surface area contributed by atoms with Crippen LogP contribution < -0.4 is 5.73 Å². The summed E-state index contributed by atoms with van der Waals surface area (Å²) >= 11 is 0. The van der Waals surface area contributed by atoms with Crippen LogP contribution >= 0.6 is 0 Å². The molecule has 2 nitrogen and oxygen atoms in total. The van der Waals surface area contributed by atoms with E-state index in [0.717, 1.165) is 6.07 Å². The summed E-state index contributed by atoms with van der Waals surface area (Å²) in [6.07, 6.45) is 1.06. The summed E-state index contributed by atoms with van der Waals surface area (Å²) < 4.78 is 30.8. The van der Waals surface area contributed by atoms with E-state index in [2.05, 4.69) is 0 Å². The first-order chi connectivity index (χ1) is 7.43. The van der Waals surface area contributed by atoms with Crippen molar-refractivity contribution in [3.63, 3.8) is 0 Å². The highest BCUT2D eigenvalue weighted by Crippen LogP contribution is 2.16. The highest BCUT2D eigenvalue weighted by molar-refractivity contribution is 5.20. The molecule has 2 N–H and O–H groups in total. The van der Waals surface area contributed by atoms with Crippen molar-refractivity contribution in [1.29, 1.82) is 0 Å². The maximum absolute atomic E-state index is 12.9. The molecule has 1 aromatic rings. The highest BCUT2D eigenvalue weighted by atomic mass is 19.1. The van der Waals surface area contributed by atoms with E-state index in [4.69, 9.17) is 10.5 Å². The molecule has 4 heteroatoms. The monoisotopic (exact) mass is 229 g/mol. The average Bonchev–Trinajstić information content (AvgIpc) is 2.12. The van der Waals surface area contributed by atoms with Gasteiger partial charge in [-0.25, -0.2) is 8.78 Å². The van der Waals surface area contributed by atoms with Crippen molar-refractivity contribution in [3.05, 3.63) is 35.4 Å². The first-order valence-corrected chi connectivity index (χ1v) is 5.16. The summed E-state index contributed by atoms with van der Waals surface area (Å²) in [5.41, 5.74) is 6.06. The zero-order valence-electron chi connectivity index (χ0n) is 9.59. The normalized spacial score (nSPS) is 14.8. The lowest BCUT2D eigenvalue weighted by Crippen LogP contribution is -2.39. The van der Waals surface area contributed by atoms with E-state index in [-0.39, 0.29) is 0 Å². The Morgan fingerprint density at radius 1 is 1.25 bits per heavy atom. The fourth-order valence-corrected chi connectivity index (χ4v) is 1.60. The van der Waals surface area contributed by atoms with Crippen LogP contribution in [0.15, 0.2) is 18.2 Å². The van der Waals surface area contributed by atoms with Gasteiger partial charge in [-0.3, -0.25) is 0 Å². The molecule has 0 aliphatic carbocycles. The Morgan fingerprint density at radius 3 is 2.31 bits per heavy atom. The van der Waals surface area contributed by atoms with E-state index in [1.807, 2.05) is 6.92 Å². The molecule has 1 rings (SSSR count). The second-order valence-electron chi connectivity index (χ2n) is 4.35. The van der Waals surface area contributed by atoms with Gasteiger partial charge >= 0.3 is 0 Å². The summed E-state index contributed by atoms with van der Waals surface area (Å²) in [4.78, 5) is 0. The Labute approximate surface area is 94.4 Å². The van der Waals surface area contributed by atoms with Gasteiger partial charge in [-0.1, -0.05) is 0 Å². The van der Waals surface area contributed by atoms with Crippen molar-refractivity contribution >= 4 is 0 Å². The summed E-state index contributed by atoms with van der Waals surface area (Å²) in [6.45, 7) is 2.37. The van der Waals surface area contributed by atoms with Gasteiger partial charge in [-0.05, 0) is 37.5 Å². The molecule has 0 aromatic heterocycles. The minimum atomic E-state index is -0.572. The van der Waals surface area contributed by atoms with Crippen molar-refractivity contribution in [2.75, 3.05) is 13.7 Å². The molecule has 0 amide bonds. The minimum Gasteiger partial charge on any atom is -0.385 e. The molecular formula is C12H17F2NO. The van der Waals surface area contributed by atoms with Gasteiger partial charge in [0.25, 0.3) is 0 Å². The van der Waals surface area contributed by atoms with Crippen molar-refractivity contribution in [2.24, 2.45) is 5.73 Å². The van der Waals surface area contributed by atoms with Crippen LogP contribution in [0.1, 0.15) is 18.9 Å². The van der Waals surface area contributed by atoms with Crippen LogP contribution in [0.25, 0.3) is 0 Å². The number of rotatable bonds is 5. The summed E-state index contributed by atoms with van der Waals surface area (Å²) in [7, 11) is 1.60. The van der Waals surface area contributed by atoms with E-state index >= 15 is 0 Å². The topological polar surface area (TPSA) is 35.2 Å². The molecule has 0 spiro atoms. The number of nitrogens with two attached hydrogens (primary N) is 1. The van der Waals surface area contributed by atoms with Crippen molar-refractivity contribution in [1.82, 2.24) is 0 Å². The van der Waals surface area contributed by atoms with Crippen LogP contribution in [0.2, 0.25) is 0 Å². The summed E-state index contributed by atoms with van der Waals surface area (Å²) in [5, 5.41) is 0. The first kappa shape index (κ1) is 13.1. The Hall–Kier alpha value is -1.00. The van der Waals surface area contributed by atoms with Gasteiger partial charge in [-0.2, -0.15) is 0 Å². The maximum Gasteiger partial charge on any atom is 0.126 e. The molecule has 90 valence electrons. The number of ether oxygens (including phenoxy) is 1. The molecule has 0 bridgehead atoms. The van der Waals surface area contributed by atoms with E-state index in [1.54, 1.807) is 7.11 Å². The predicted octanol–water partition coefficient (Wildman–Crippen LogP) is 2.26. The lowest BCUT2D eigenvalue weighted by Gasteiger charge is -2.24. The molecule has 0 aliphatic rings. The van der Waals surface area contributed by atoms with Crippen LogP contribution in [-0.4, -0.2) is 19.3 Å². The van der Waals surface area contributed by atoms with Gasteiger partial charge in [0.05, 0.1) is 0 Å². The van der Waals surface area contributed by atoms with Gasteiger partial charge in [0.2, 0.25) is 0 Å². The maximum atomic E-state index is 12.9. The van der Waals surface area contributed by atoms with E-state index in [9.17, 15) is 8.78 Å². The summed E-state index contributed by atoms with van der Waals surface area (Å²) in [5.74, 6) is -1.14. The third-order valence-electron chi connectivity index (χ3n) is 2.41. The van der Waals surface area contributed by atoms with E-state index < -0.39 is 17.2 Å². The van der Waals surface area contributed by atoms with Crippen molar-refractivity contribution in [3.8, 4) is 0 Å². The quantitative estimate of drug-likeness (QED) is 0.840. The molecule has 16 heavy (non-hydrogen) atoms. The van der Waals surface area contributed by atoms with Crippen LogP contribution in [0, 0.1) is 11.6 Å². The van der Waals surface area contributed by atoms with E-state index in [0.29, 0.717) is 25.0 Å². The van der Waals surface area contributed by atoms with E-state index in [1.165, 1.54) is 12.1 Å². The molecule has 0 fully saturated rings. The molecular weight excluding hydrogens is 212 g/mol. The highest BCUT2D eigenvalue weighted by Gasteiger charge is 2.19. The Bertz CT molecular complexity index is 333. The Balaban J connectivity index is 2.71. The third-order valence-corrected chi connectivity index (χ3v) is 2.41. The van der Waals surface area contributed by atoms with Crippen LogP contribution in [0.3, 0.4) is 0 Å². The number of hydrogen-bond acceptors (Lipinski definition) is 2. The number of benzene rings is 1. The van der Waals surface area contributed by atoms with Gasteiger partial charge < -0.3 is 10.5 Å². The van der Waals surface area contributed by atoms with Crippen LogP contribution in [0.5, 0.6) is 0 Å². The molecule has 0 radical (unpaired) electrons. The first-order valence-electron chi connectivity index (χ1n) is 5.16. The lowest BCUT2D eigenvalue weighted by atomic mass is 9.91. The second-order valence-corrected chi connectivity index (χ2v) is 4.35. The zero-order valence-corrected chi connectivity index (χ0v) is 9.59. The molecule has 0 aliphatic heterocycles. The summed E-state index contributed by atoms with van der Waals surface area (Å²) in [6, 6.07) is 3.47. The minimum absolute atomic E-state index is 0.422. The van der Waals surface area contributed by atoms with Crippen molar-refractivity contribution < 1.29 is 13.5 Å². The predicted molar refractivity (Wildman–Crippen MR) is 59.1 cm³/mol. The zero-order chi connectivity index (χ0) is 12.2. The molecule has 0 saturated carbocycles. The largest absolute Gasteiger partial charge is 0.385 e. The average molecular weight is 229 g/mol. The molecule has 1 aromatic carbocycles. The molecule has 1 atom stereocenters. The van der Waals surface area contributed by atoms with Crippen molar-refractivity contribution in [2.45, 2.75) is 25.3 Å². The molecule has 0 heterocycles. The third kappa shape index (κ3) is 4.24. The molecule has 0 saturated heterocycles. The van der Waals surface area contributed by atoms with Gasteiger partial charge in [0.15, 0.2) is 0 Å². The Kier molecular flexibility index (Phi) is 4.38. The second kappa shape index (κ2) is 5.37. The number of methoxy groups -OCH3 is 1. The fourth-order valence-electron chi connectivity index (χ4n) is 1.60. The van der Waals surface area contributed by atoms with Crippen LogP contribution in [0.4, 0.5) is 8.78 Å². The van der Waals surface area contributed by atoms with Gasteiger partial charge in [-0.15, -0.1) is 0 Å². The van der Waals surface area contributed by atoms with Gasteiger partial charge in [0.1, 0.15) is 11.6 Å². The van der Waals surface area contributed by atoms with Gasteiger partial charge in [0, 0.05) is 25.3 Å². The van der Waals surface area contributed by atoms with Crippen LogP contribution in [-0.2, 0) is 11.2 Å². The lowest BCUT2D eigenvalue weighted by molar-refractivity contribution is 0.171. The Morgan fingerprint density at radius 2 is 1.81 bits per heavy atom. The number of hydrogen-bond donors (Lipinski definition) is 1. The SMILES string of the molecule is COCCC(C)(N)Cc1cc(F)cc(F)c1. The number of halogens is 2. The fraction of sp³-hybridized carbons (Fsp3) is 0.500. The molecule has 1 unspecified atom stereocenters.